The highest BCUT2D eigenvalue weighted by Gasteiger charge is 2.35. The molecule has 1 aromatic heterocycles. The van der Waals surface area contributed by atoms with Crippen LogP contribution in [0, 0.1) is 0 Å². The molecule has 1 N–H and O–H groups in total. The van der Waals surface area contributed by atoms with Crippen molar-refractivity contribution < 1.29 is 13.9 Å². The van der Waals surface area contributed by atoms with Crippen molar-refractivity contribution >= 4 is 6.01 Å². The molecule has 0 aliphatic carbocycles. The maximum atomic E-state index is 5.70. The summed E-state index contributed by atoms with van der Waals surface area (Å²) in [7, 11) is 3.37. The summed E-state index contributed by atoms with van der Waals surface area (Å²) >= 11 is 0. The molecule has 2 heterocycles. The summed E-state index contributed by atoms with van der Waals surface area (Å²) in [5.41, 5.74) is 0. The van der Waals surface area contributed by atoms with Crippen molar-refractivity contribution in [2.45, 2.75) is 32.1 Å². The molecular formula is C12H22N4O3. The second-order valence-electron chi connectivity index (χ2n) is 4.66. The predicted octanol–water partition coefficient (Wildman–Crippen LogP) is 0.590. The first kappa shape index (κ1) is 14.2. The summed E-state index contributed by atoms with van der Waals surface area (Å²) in [6, 6.07) is 0.589. The lowest BCUT2D eigenvalue weighted by atomic mass is 10.3. The van der Waals surface area contributed by atoms with Crippen LogP contribution < -0.4 is 10.2 Å². The van der Waals surface area contributed by atoms with Gasteiger partial charge in [0, 0.05) is 14.2 Å². The highest BCUT2D eigenvalue weighted by molar-refractivity contribution is 5.28. The first-order valence-electron chi connectivity index (χ1n) is 6.56. The van der Waals surface area contributed by atoms with Gasteiger partial charge in [0.15, 0.2) is 0 Å². The Bertz CT molecular complexity index is 386. The van der Waals surface area contributed by atoms with Crippen molar-refractivity contribution in [1.82, 2.24) is 15.5 Å². The van der Waals surface area contributed by atoms with Gasteiger partial charge in [0.1, 0.15) is 12.2 Å². The van der Waals surface area contributed by atoms with Gasteiger partial charge >= 0.3 is 6.01 Å². The van der Waals surface area contributed by atoms with E-state index >= 15 is 0 Å². The standard InChI is InChI=1S/C12H22N4O3/c1-5-13-8(2)11-14-15-12(19-11)16-6-9(17-3)10(7-16)18-4/h8-10,13H,5-7H2,1-4H3. The van der Waals surface area contributed by atoms with E-state index in [9.17, 15) is 0 Å². The van der Waals surface area contributed by atoms with Crippen LogP contribution in [0.15, 0.2) is 4.42 Å². The molecule has 1 aromatic rings. The van der Waals surface area contributed by atoms with Gasteiger partial charge in [-0.05, 0) is 13.5 Å². The van der Waals surface area contributed by atoms with E-state index in [0.29, 0.717) is 25.0 Å². The van der Waals surface area contributed by atoms with Crippen LogP contribution in [-0.2, 0) is 9.47 Å². The van der Waals surface area contributed by atoms with Gasteiger partial charge in [-0.25, -0.2) is 0 Å². The zero-order chi connectivity index (χ0) is 13.8. The number of nitrogens with one attached hydrogen (secondary N) is 1. The van der Waals surface area contributed by atoms with Crippen LogP contribution in [0.5, 0.6) is 0 Å². The van der Waals surface area contributed by atoms with Crippen LogP contribution in [0.1, 0.15) is 25.8 Å². The molecule has 0 amide bonds. The fourth-order valence-corrected chi connectivity index (χ4v) is 2.28. The molecule has 7 nitrogen and oxygen atoms in total. The van der Waals surface area contributed by atoms with Gasteiger partial charge in [-0.15, -0.1) is 5.10 Å². The molecule has 0 aromatic carbocycles. The molecule has 0 radical (unpaired) electrons. The number of methoxy groups -OCH3 is 2. The number of rotatable bonds is 6. The lowest BCUT2D eigenvalue weighted by Crippen LogP contribution is -2.27. The maximum Gasteiger partial charge on any atom is 0.318 e. The van der Waals surface area contributed by atoms with Crippen LogP contribution in [0.25, 0.3) is 0 Å². The monoisotopic (exact) mass is 270 g/mol. The molecule has 1 aliphatic rings. The molecule has 1 fully saturated rings. The molecule has 0 bridgehead atoms. The third-order valence-corrected chi connectivity index (χ3v) is 3.40. The fraction of sp³-hybridized carbons (Fsp3) is 0.833. The SMILES string of the molecule is CCNC(C)c1nnc(N2CC(OC)C(OC)C2)o1. The third kappa shape index (κ3) is 3.05. The topological polar surface area (TPSA) is 72.7 Å². The summed E-state index contributed by atoms with van der Waals surface area (Å²) in [6.45, 7) is 6.31. The average molecular weight is 270 g/mol. The number of hydrogen-bond acceptors (Lipinski definition) is 7. The molecule has 108 valence electrons. The van der Waals surface area contributed by atoms with E-state index in [1.165, 1.54) is 0 Å². The van der Waals surface area contributed by atoms with Crippen molar-refractivity contribution in [1.29, 1.82) is 0 Å². The van der Waals surface area contributed by atoms with Gasteiger partial charge in [-0.3, -0.25) is 0 Å². The summed E-state index contributed by atoms with van der Waals surface area (Å²) in [5, 5.41) is 11.4. The number of ether oxygens (including phenoxy) is 2. The lowest BCUT2D eigenvalue weighted by molar-refractivity contribution is -0.00461. The van der Waals surface area contributed by atoms with Crippen LogP contribution in [0.4, 0.5) is 6.01 Å². The fourth-order valence-electron chi connectivity index (χ4n) is 2.28. The molecule has 7 heteroatoms. The van der Waals surface area contributed by atoms with Gasteiger partial charge in [-0.2, -0.15) is 0 Å². The minimum Gasteiger partial charge on any atom is -0.406 e. The molecule has 0 spiro atoms. The van der Waals surface area contributed by atoms with E-state index < -0.39 is 0 Å². The minimum atomic E-state index is 0.0338. The predicted molar refractivity (Wildman–Crippen MR) is 70.2 cm³/mol. The van der Waals surface area contributed by atoms with E-state index in [4.69, 9.17) is 13.9 Å². The Morgan fingerprint density at radius 3 is 2.47 bits per heavy atom. The summed E-state index contributed by atoms with van der Waals surface area (Å²) < 4.78 is 16.5. The number of aromatic nitrogens is 2. The summed E-state index contributed by atoms with van der Waals surface area (Å²) in [4.78, 5) is 2.00. The van der Waals surface area contributed by atoms with Crippen molar-refractivity contribution in [3.63, 3.8) is 0 Å². The van der Waals surface area contributed by atoms with E-state index in [1.807, 2.05) is 18.7 Å². The van der Waals surface area contributed by atoms with Crippen molar-refractivity contribution in [2.75, 3.05) is 38.8 Å². The second kappa shape index (κ2) is 6.31. The molecule has 0 saturated carbocycles. The first-order valence-corrected chi connectivity index (χ1v) is 6.56. The van der Waals surface area contributed by atoms with Gasteiger partial charge in [0.05, 0.1) is 19.1 Å². The molecule has 2 rings (SSSR count). The minimum absolute atomic E-state index is 0.0338. The van der Waals surface area contributed by atoms with Gasteiger partial charge in [0.25, 0.3) is 0 Å². The molecular weight excluding hydrogens is 248 g/mol. The molecule has 19 heavy (non-hydrogen) atoms. The largest absolute Gasteiger partial charge is 0.406 e. The van der Waals surface area contributed by atoms with Crippen molar-refractivity contribution in [3.05, 3.63) is 5.89 Å². The Kier molecular flexibility index (Phi) is 4.73. The number of anilines is 1. The summed E-state index contributed by atoms with van der Waals surface area (Å²) in [5.74, 6) is 0.603. The number of nitrogens with zero attached hydrogens (tertiary/aromatic N) is 3. The van der Waals surface area contributed by atoms with Gasteiger partial charge in [0.2, 0.25) is 5.89 Å². The van der Waals surface area contributed by atoms with Crippen LogP contribution in [-0.4, -0.2) is 56.3 Å². The Morgan fingerprint density at radius 1 is 1.32 bits per heavy atom. The smallest absolute Gasteiger partial charge is 0.318 e. The quantitative estimate of drug-likeness (QED) is 0.811. The Morgan fingerprint density at radius 2 is 1.95 bits per heavy atom. The van der Waals surface area contributed by atoms with Crippen LogP contribution >= 0.6 is 0 Å². The highest BCUT2D eigenvalue weighted by Crippen LogP contribution is 2.23. The maximum absolute atomic E-state index is 5.70. The zero-order valence-electron chi connectivity index (χ0n) is 11.9. The van der Waals surface area contributed by atoms with Crippen molar-refractivity contribution in [2.24, 2.45) is 0 Å². The second-order valence-corrected chi connectivity index (χ2v) is 4.66. The normalized spacial score (nSPS) is 24.9. The van der Waals surface area contributed by atoms with Crippen LogP contribution in [0.3, 0.4) is 0 Å². The number of hydrogen-bond donors (Lipinski definition) is 1. The van der Waals surface area contributed by atoms with Crippen LogP contribution in [0.2, 0.25) is 0 Å². The molecule has 3 unspecified atom stereocenters. The van der Waals surface area contributed by atoms with Gasteiger partial charge < -0.3 is 24.1 Å². The summed E-state index contributed by atoms with van der Waals surface area (Å²) in [6.07, 6.45) is 0.0677. The Hall–Kier alpha value is -1.18. The first-order chi connectivity index (χ1) is 9.19. The molecule has 1 saturated heterocycles. The van der Waals surface area contributed by atoms with E-state index in [2.05, 4.69) is 15.5 Å². The van der Waals surface area contributed by atoms with E-state index in [0.717, 1.165) is 6.54 Å². The van der Waals surface area contributed by atoms with E-state index in [1.54, 1.807) is 14.2 Å². The Balaban J connectivity index is 2.03. The molecule has 3 atom stereocenters. The highest BCUT2D eigenvalue weighted by atomic mass is 16.5. The van der Waals surface area contributed by atoms with Crippen molar-refractivity contribution in [3.8, 4) is 0 Å². The third-order valence-electron chi connectivity index (χ3n) is 3.40. The van der Waals surface area contributed by atoms with Gasteiger partial charge in [-0.1, -0.05) is 12.0 Å². The van der Waals surface area contributed by atoms with E-state index in [-0.39, 0.29) is 18.2 Å². The molecule has 1 aliphatic heterocycles. The zero-order valence-corrected chi connectivity index (χ0v) is 11.9. The average Bonchev–Trinajstić information content (AvgIpc) is 3.05. The lowest BCUT2D eigenvalue weighted by Gasteiger charge is -2.13. The Labute approximate surface area is 113 Å².